The molecule has 12 heteroatoms. The summed E-state index contributed by atoms with van der Waals surface area (Å²) in [6.45, 7) is 0. The van der Waals surface area contributed by atoms with Gasteiger partial charge in [-0.15, -0.1) is 0 Å². The number of halogens is 5. The number of amides is 1. The number of primary amides is 1. The van der Waals surface area contributed by atoms with Crippen LogP contribution in [-0.4, -0.2) is 25.2 Å². The Morgan fingerprint density at radius 3 is 2.24 bits per heavy atom. The standard InChI is InChI=1S/C21H15Cl2F3N6O/c1-31-10-16(21(24,25)26)29-20(31)11-5-7-12(8-6-11)28-15-9-32(30-17(15)19(27)33)18-13(22)3-2-4-14(18)23/h2-10,28H,1H3,(H2,27,33). The summed E-state index contributed by atoms with van der Waals surface area (Å²) in [5.41, 5.74) is 6.13. The third-order valence-electron chi connectivity index (χ3n) is 4.70. The van der Waals surface area contributed by atoms with Crippen LogP contribution in [0.5, 0.6) is 0 Å². The Balaban J connectivity index is 1.64. The molecule has 0 aliphatic carbocycles. The average Bonchev–Trinajstić information content (AvgIpc) is 3.32. The summed E-state index contributed by atoms with van der Waals surface area (Å²) in [4.78, 5) is 15.6. The van der Waals surface area contributed by atoms with Gasteiger partial charge in [-0.05, 0) is 36.4 Å². The summed E-state index contributed by atoms with van der Waals surface area (Å²) in [7, 11) is 1.48. The molecule has 0 fully saturated rings. The first-order chi connectivity index (χ1) is 15.5. The lowest BCUT2D eigenvalue weighted by molar-refractivity contribution is -0.140. The molecule has 7 nitrogen and oxygen atoms in total. The van der Waals surface area contributed by atoms with E-state index in [1.165, 1.54) is 22.5 Å². The molecule has 4 rings (SSSR count). The lowest BCUT2D eigenvalue weighted by Gasteiger charge is -2.07. The van der Waals surface area contributed by atoms with Crippen molar-refractivity contribution in [2.45, 2.75) is 6.18 Å². The first kappa shape index (κ1) is 22.7. The van der Waals surface area contributed by atoms with Gasteiger partial charge in [0.05, 0.1) is 21.9 Å². The number of nitrogens with zero attached hydrogens (tertiary/aromatic N) is 4. The molecule has 2 aromatic heterocycles. The number of rotatable bonds is 5. The van der Waals surface area contributed by atoms with Gasteiger partial charge in [0.2, 0.25) is 0 Å². The fraction of sp³-hybridized carbons (Fsp3) is 0.0952. The maximum absolute atomic E-state index is 12.9. The third-order valence-corrected chi connectivity index (χ3v) is 5.31. The highest BCUT2D eigenvalue weighted by molar-refractivity contribution is 6.37. The SMILES string of the molecule is Cn1cc(C(F)(F)F)nc1-c1ccc(Nc2cn(-c3c(Cl)cccc3Cl)nc2C(N)=O)cc1. The lowest BCUT2D eigenvalue weighted by Crippen LogP contribution is -2.14. The summed E-state index contributed by atoms with van der Waals surface area (Å²) >= 11 is 12.4. The van der Waals surface area contributed by atoms with E-state index >= 15 is 0 Å². The van der Waals surface area contributed by atoms with E-state index in [-0.39, 0.29) is 11.5 Å². The van der Waals surface area contributed by atoms with Gasteiger partial charge in [-0.3, -0.25) is 4.79 Å². The van der Waals surface area contributed by atoms with Crippen molar-refractivity contribution in [1.82, 2.24) is 19.3 Å². The number of para-hydroxylation sites is 1. The summed E-state index contributed by atoms with van der Waals surface area (Å²) in [6.07, 6.45) is -2.10. The summed E-state index contributed by atoms with van der Waals surface area (Å²) in [5, 5.41) is 7.87. The fourth-order valence-corrected chi connectivity index (χ4v) is 3.77. The Kier molecular flexibility index (Phi) is 5.81. The molecule has 2 aromatic carbocycles. The quantitative estimate of drug-likeness (QED) is 0.386. The zero-order valence-electron chi connectivity index (χ0n) is 16.9. The van der Waals surface area contributed by atoms with E-state index in [9.17, 15) is 18.0 Å². The van der Waals surface area contributed by atoms with E-state index in [1.54, 1.807) is 42.5 Å². The molecule has 0 unspecified atom stereocenters. The molecule has 0 saturated carbocycles. The smallest absolute Gasteiger partial charge is 0.364 e. The molecule has 4 aromatic rings. The minimum absolute atomic E-state index is 0.0472. The van der Waals surface area contributed by atoms with Gasteiger partial charge in [0.1, 0.15) is 11.5 Å². The van der Waals surface area contributed by atoms with Crippen molar-refractivity contribution in [3.8, 4) is 17.1 Å². The molecule has 0 aliphatic rings. The normalized spacial score (nSPS) is 11.6. The highest BCUT2D eigenvalue weighted by atomic mass is 35.5. The van der Waals surface area contributed by atoms with Crippen LogP contribution in [0.25, 0.3) is 17.1 Å². The number of benzene rings is 2. The number of imidazole rings is 1. The fourth-order valence-electron chi connectivity index (χ4n) is 3.20. The van der Waals surface area contributed by atoms with Crippen molar-refractivity contribution < 1.29 is 18.0 Å². The van der Waals surface area contributed by atoms with Gasteiger partial charge >= 0.3 is 6.18 Å². The van der Waals surface area contributed by atoms with E-state index in [0.717, 1.165) is 6.20 Å². The largest absolute Gasteiger partial charge is 0.434 e. The molecule has 0 radical (unpaired) electrons. The molecule has 170 valence electrons. The predicted octanol–water partition coefficient (Wildman–Crippen LogP) is 5.44. The predicted molar refractivity (Wildman–Crippen MR) is 119 cm³/mol. The number of anilines is 2. The van der Waals surface area contributed by atoms with Crippen molar-refractivity contribution in [2.24, 2.45) is 12.8 Å². The van der Waals surface area contributed by atoms with Crippen LogP contribution >= 0.6 is 23.2 Å². The Labute approximate surface area is 195 Å². The second-order valence-electron chi connectivity index (χ2n) is 7.03. The van der Waals surface area contributed by atoms with Crippen molar-refractivity contribution in [3.63, 3.8) is 0 Å². The number of alkyl halides is 3. The highest BCUT2D eigenvalue weighted by Gasteiger charge is 2.34. The molecule has 2 heterocycles. The van der Waals surface area contributed by atoms with E-state index < -0.39 is 17.8 Å². The number of hydrogen-bond acceptors (Lipinski definition) is 4. The molecule has 0 spiro atoms. The summed E-state index contributed by atoms with van der Waals surface area (Å²) in [6, 6.07) is 11.4. The van der Waals surface area contributed by atoms with Crippen LogP contribution in [0.3, 0.4) is 0 Å². The second-order valence-corrected chi connectivity index (χ2v) is 7.85. The van der Waals surface area contributed by atoms with Gasteiger partial charge in [0, 0.05) is 24.5 Å². The van der Waals surface area contributed by atoms with Crippen molar-refractivity contribution in [1.29, 1.82) is 0 Å². The van der Waals surface area contributed by atoms with E-state index in [1.807, 2.05) is 0 Å². The maximum Gasteiger partial charge on any atom is 0.434 e. The van der Waals surface area contributed by atoms with Gasteiger partial charge in [0.15, 0.2) is 11.4 Å². The van der Waals surface area contributed by atoms with Gasteiger partial charge < -0.3 is 15.6 Å². The minimum Gasteiger partial charge on any atom is -0.364 e. The minimum atomic E-state index is -4.53. The molecule has 0 aliphatic heterocycles. The van der Waals surface area contributed by atoms with E-state index in [4.69, 9.17) is 28.9 Å². The number of carbonyl (C=O) groups excluding carboxylic acids is 1. The van der Waals surface area contributed by atoms with Crippen LogP contribution in [0.15, 0.2) is 54.9 Å². The summed E-state index contributed by atoms with van der Waals surface area (Å²) < 4.78 is 41.4. The van der Waals surface area contributed by atoms with Crippen LogP contribution in [0.1, 0.15) is 16.2 Å². The first-order valence-electron chi connectivity index (χ1n) is 9.36. The van der Waals surface area contributed by atoms with Crippen LogP contribution in [0.2, 0.25) is 10.0 Å². The third kappa shape index (κ3) is 4.53. The topological polar surface area (TPSA) is 90.8 Å². The average molecular weight is 495 g/mol. The van der Waals surface area contributed by atoms with E-state index in [2.05, 4.69) is 15.4 Å². The molecule has 0 saturated heterocycles. The van der Waals surface area contributed by atoms with E-state index in [0.29, 0.717) is 32.7 Å². The molecule has 33 heavy (non-hydrogen) atoms. The zero-order chi connectivity index (χ0) is 23.9. The highest BCUT2D eigenvalue weighted by Crippen LogP contribution is 2.32. The zero-order valence-corrected chi connectivity index (χ0v) is 18.4. The number of aryl methyl sites for hydroxylation is 1. The molecule has 3 N–H and O–H groups in total. The first-order valence-corrected chi connectivity index (χ1v) is 10.1. The molecule has 0 atom stereocenters. The Hall–Kier alpha value is -3.50. The van der Waals surface area contributed by atoms with Gasteiger partial charge in [0.25, 0.3) is 5.91 Å². The lowest BCUT2D eigenvalue weighted by atomic mass is 10.2. The molecular formula is C21H15Cl2F3N6O. The maximum atomic E-state index is 12.9. The number of aromatic nitrogens is 4. The molecular weight excluding hydrogens is 480 g/mol. The molecule has 1 amide bonds. The van der Waals surface area contributed by atoms with Crippen LogP contribution in [0.4, 0.5) is 24.5 Å². The van der Waals surface area contributed by atoms with Gasteiger partial charge in [-0.25, -0.2) is 9.67 Å². The molecule has 0 bridgehead atoms. The van der Waals surface area contributed by atoms with Gasteiger partial charge in [-0.2, -0.15) is 18.3 Å². The number of nitrogens with one attached hydrogen (secondary N) is 1. The number of carbonyl (C=O) groups is 1. The van der Waals surface area contributed by atoms with Crippen molar-refractivity contribution in [3.05, 3.63) is 76.3 Å². The van der Waals surface area contributed by atoms with Gasteiger partial charge in [-0.1, -0.05) is 29.3 Å². The van der Waals surface area contributed by atoms with Crippen molar-refractivity contribution >= 4 is 40.5 Å². The number of hydrogen-bond donors (Lipinski definition) is 2. The summed E-state index contributed by atoms with van der Waals surface area (Å²) in [5.74, 6) is -0.614. The van der Waals surface area contributed by atoms with Crippen LogP contribution < -0.4 is 11.1 Å². The Morgan fingerprint density at radius 1 is 1.06 bits per heavy atom. The van der Waals surface area contributed by atoms with Crippen molar-refractivity contribution in [2.75, 3.05) is 5.32 Å². The monoisotopic (exact) mass is 494 g/mol. The van der Waals surface area contributed by atoms with Crippen LogP contribution in [0, 0.1) is 0 Å². The van der Waals surface area contributed by atoms with Crippen LogP contribution in [-0.2, 0) is 13.2 Å². The Morgan fingerprint density at radius 2 is 1.70 bits per heavy atom. The number of nitrogens with two attached hydrogens (primary N) is 1. The Bertz CT molecular complexity index is 1330. The second kappa shape index (κ2) is 8.45.